The molecule has 1 aliphatic heterocycles. The van der Waals surface area contributed by atoms with E-state index in [0.29, 0.717) is 17.1 Å². The van der Waals surface area contributed by atoms with Crippen molar-refractivity contribution >= 4 is 45.9 Å². The molecule has 0 bridgehead atoms. The molecule has 0 amide bonds. The van der Waals surface area contributed by atoms with Crippen molar-refractivity contribution < 1.29 is 9.13 Å². The SMILES string of the molecule is CCNC(=NCc1ccc(Br)c(F)c1)NC1CCN(CCCOC)CC1.I. The van der Waals surface area contributed by atoms with E-state index in [9.17, 15) is 4.39 Å². The van der Waals surface area contributed by atoms with Gasteiger partial charge in [-0.05, 0) is 59.8 Å². The van der Waals surface area contributed by atoms with Crippen molar-refractivity contribution in [2.75, 3.05) is 39.9 Å². The van der Waals surface area contributed by atoms with Crippen LogP contribution in [0.15, 0.2) is 27.7 Å². The molecule has 1 fully saturated rings. The van der Waals surface area contributed by atoms with E-state index >= 15 is 0 Å². The monoisotopic (exact) mass is 556 g/mol. The number of nitrogens with one attached hydrogen (secondary N) is 2. The molecule has 27 heavy (non-hydrogen) atoms. The van der Waals surface area contributed by atoms with Crippen molar-refractivity contribution in [3.63, 3.8) is 0 Å². The number of aliphatic imine (C=N–C) groups is 1. The normalized spacial score (nSPS) is 16.1. The first kappa shape index (κ1) is 24.6. The summed E-state index contributed by atoms with van der Waals surface area (Å²) in [6.07, 6.45) is 3.29. The lowest BCUT2D eigenvalue weighted by Gasteiger charge is -2.33. The van der Waals surface area contributed by atoms with Crippen LogP contribution in [-0.2, 0) is 11.3 Å². The van der Waals surface area contributed by atoms with Gasteiger partial charge in [0.25, 0.3) is 0 Å². The maximum absolute atomic E-state index is 13.6. The van der Waals surface area contributed by atoms with Crippen LogP contribution in [0, 0.1) is 5.82 Å². The van der Waals surface area contributed by atoms with Gasteiger partial charge < -0.3 is 20.3 Å². The molecule has 1 heterocycles. The summed E-state index contributed by atoms with van der Waals surface area (Å²) in [5, 5.41) is 6.81. The third-order valence-corrected chi connectivity index (χ3v) is 5.14. The molecule has 1 aromatic rings. The number of likely N-dealkylation sites (tertiary alicyclic amines) is 1. The number of guanidine groups is 1. The van der Waals surface area contributed by atoms with Gasteiger partial charge in [-0.25, -0.2) is 9.38 Å². The first-order chi connectivity index (χ1) is 12.6. The van der Waals surface area contributed by atoms with E-state index in [-0.39, 0.29) is 29.8 Å². The zero-order valence-corrected chi connectivity index (χ0v) is 20.1. The van der Waals surface area contributed by atoms with E-state index < -0.39 is 0 Å². The molecule has 0 aromatic heterocycles. The van der Waals surface area contributed by atoms with Gasteiger partial charge >= 0.3 is 0 Å². The van der Waals surface area contributed by atoms with Crippen LogP contribution in [0.1, 0.15) is 31.7 Å². The molecule has 5 nitrogen and oxygen atoms in total. The molecule has 0 spiro atoms. The smallest absolute Gasteiger partial charge is 0.191 e. The summed E-state index contributed by atoms with van der Waals surface area (Å²) >= 11 is 3.18. The maximum atomic E-state index is 13.6. The number of rotatable bonds is 8. The van der Waals surface area contributed by atoms with Gasteiger partial charge in [-0.2, -0.15) is 0 Å². The second-order valence-electron chi connectivity index (χ2n) is 6.55. The third kappa shape index (κ3) is 9.06. The first-order valence-corrected chi connectivity index (χ1v) is 10.1. The van der Waals surface area contributed by atoms with Crippen molar-refractivity contribution in [1.82, 2.24) is 15.5 Å². The average Bonchev–Trinajstić information content (AvgIpc) is 2.64. The molecule has 0 unspecified atom stereocenters. The lowest BCUT2D eigenvalue weighted by atomic mass is 10.1. The topological polar surface area (TPSA) is 48.9 Å². The Morgan fingerprint density at radius 3 is 2.74 bits per heavy atom. The predicted octanol–water partition coefficient (Wildman–Crippen LogP) is 3.76. The minimum absolute atomic E-state index is 0. The Morgan fingerprint density at radius 2 is 2.11 bits per heavy atom. The van der Waals surface area contributed by atoms with Gasteiger partial charge in [0.05, 0.1) is 11.0 Å². The molecule has 0 aliphatic carbocycles. The van der Waals surface area contributed by atoms with E-state index in [2.05, 4.69) is 43.4 Å². The quantitative estimate of drug-likeness (QED) is 0.221. The number of nitrogens with zero attached hydrogens (tertiary/aromatic N) is 2. The van der Waals surface area contributed by atoms with Crippen LogP contribution in [0.5, 0.6) is 0 Å². The Labute approximate surface area is 187 Å². The Kier molecular flexibility index (Phi) is 12.5. The maximum Gasteiger partial charge on any atom is 0.191 e. The molecule has 2 N–H and O–H groups in total. The zero-order valence-electron chi connectivity index (χ0n) is 16.1. The fourth-order valence-electron chi connectivity index (χ4n) is 3.06. The second-order valence-corrected chi connectivity index (χ2v) is 7.40. The lowest BCUT2D eigenvalue weighted by molar-refractivity contribution is 0.155. The minimum Gasteiger partial charge on any atom is -0.385 e. The predicted molar refractivity (Wildman–Crippen MR) is 123 cm³/mol. The van der Waals surface area contributed by atoms with Gasteiger partial charge in [0.2, 0.25) is 0 Å². The molecular formula is C19H31BrFIN4O. The molecule has 1 saturated heterocycles. The summed E-state index contributed by atoms with van der Waals surface area (Å²) in [5.74, 6) is 0.546. The van der Waals surface area contributed by atoms with Crippen LogP contribution >= 0.6 is 39.9 Å². The van der Waals surface area contributed by atoms with Gasteiger partial charge in [-0.15, -0.1) is 24.0 Å². The van der Waals surface area contributed by atoms with Crippen LogP contribution in [0.25, 0.3) is 0 Å². The summed E-state index contributed by atoms with van der Waals surface area (Å²) < 4.78 is 19.2. The fraction of sp³-hybridized carbons (Fsp3) is 0.632. The average molecular weight is 557 g/mol. The number of ether oxygens (including phenoxy) is 1. The lowest BCUT2D eigenvalue weighted by Crippen LogP contribution is -2.48. The number of halogens is 3. The zero-order chi connectivity index (χ0) is 18.8. The molecule has 1 aromatic carbocycles. The highest BCUT2D eigenvalue weighted by molar-refractivity contribution is 14.0. The molecular weight excluding hydrogens is 526 g/mol. The van der Waals surface area contributed by atoms with Gasteiger partial charge in [0.1, 0.15) is 5.82 Å². The van der Waals surface area contributed by atoms with Crippen LogP contribution in [0.3, 0.4) is 0 Å². The molecule has 2 rings (SSSR count). The van der Waals surface area contributed by atoms with E-state index in [0.717, 1.165) is 63.6 Å². The van der Waals surface area contributed by atoms with Crippen molar-refractivity contribution in [1.29, 1.82) is 0 Å². The van der Waals surface area contributed by atoms with Crippen molar-refractivity contribution in [3.05, 3.63) is 34.1 Å². The van der Waals surface area contributed by atoms with Crippen LogP contribution in [-0.4, -0.2) is 56.8 Å². The standard InChI is InChI=1S/C19H30BrFN4O.HI/c1-3-22-19(23-14-15-5-6-17(20)18(21)13-15)24-16-7-10-25(11-8-16)9-4-12-26-2;/h5-6,13,16H,3-4,7-12,14H2,1-2H3,(H2,22,23,24);1H. The van der Waals surface area contributed by atoms with Gasteiger partial charge in [0.15, 0.2) is 5.96 Å². The Hall–Kier alpha value is -0.450. The van der Waals surface area contributed by atoms with Crippen LogP contribution < -0.4 is 10.6 Å². The van der Waals surface area contributed by atoms with Crippen molar-refractivity contribution in [2.24, 2.45) is 4.99 Å². The number of piperidine rings is 1. The number of hydrogen-bond acceptors (Lipinski definition) is 3. The second kappa shape index (κ2) is 13.7. The Balaban J connectivity index is 0.00000364. The van der Waals surface area contributed by atoms with Gasteiger partial charge in [-0.3, -0.25) is 0 Å². The third-order valence-electron chi connectivity index (χ3n) is 4.50. The Morgan fingerprint density at radius 1 is 1.37 bits per heavy atom. The van der Waals surface area contributed by atoms with Gasteiger partial charge in [-0.1, -0.05) is 6.07 Å². The highest BCUT2D eigenvalue weighted by Gasteiger charge is 2.19. The highest BCUT2D eigenvalue weighted by Crippen LogP contribution is 2.17. The summed E-state index contributed by atoms with van der Waals surface area (Å²) in [7, 11) is 1.75. The number of hydrogen-bond donors (Lipinski definition) is 2. The summed E-state index contributed by atoms with van der Waals surface area (Å²) in [5.41, 5.74) is 0.857. The molecule has 8 heteroatoms. The molecule has 154 valence electrons. The summed E-state index contributed by atoms with van der Waals surface area (Å²) in [6, 6.07) is 5.56. The molecule has 0 atom stereocenters. The summed E-state index contributed by atoms with van der Waals surface area (Å²) in [4.78, 5) is 7.10. The summed E-state index contributed by atoms with van der Waals surface area (Å²) in [6.45, 7) is 7.42. The molecule has 0 saturated carbocycles. The minimum atomic E-state index is -0.253. The Bertz CT molecular complexity index is 583. The highest BCUT2D eigenvalue weighted by atomic mass is 127. The van der Waals surface area contributed by atoms with E-state index in [1.165, 1.54) is 6.07 Å². The van der Waals surface area contributed by atoms with E-state index in [1.807, 2.05) is 6.07 Å². The van der Waals surface area contributed by atoms with Gasteiger partial charge in [0, 0.05) is 45.9 Å². The van der Waals surface area contributed by atoms with E-state index in [4.69, 9.17) is 4.74 Å². The van der Waals surface area contributed by atoms with Crippen LogP contribution in [0.2, 0.25) is 0 Å². The fourth-order valence-corrected chi connectivity index (χ4v) is 3.30. The number of methoxy groups -OCH3 is 1. The van der Waals surface area contributed by atoms with E-state index in [1.54, 1.807) is 13.2 Å². The van der Waals surface area contributed by atoms with Crippen molar-refractivity contribution in [2.45, 2.75) is 38.8 Å². The van der Waals surface area contributed by atoms with Crippen LogP contribution in [0.4, 0.5) is 4.39 Å². The largest absolute Gasteiger partial charge is 0.385 e. The van der Waals surface area contributed by atoms with Crippen molar-refractivity contribution in [3.8, 4) is 0 Å². The first-order valence-electron chi connectivity index (χ1n) is 9.32. The number of benzene rings is 1. The molecule has 0 radical (unpaired) electrons. The molecule has 1 aliphatic rings.